The van der Waals surface area contributed by atoms with Crippen molar-refractivity contribution in [1.82, 2.24) is 5.32 Å². The summed E-state index contributed by atoms with van der Waals surface area (Å²) < 4.78 is 57.4. The fraction of sp³-hybridized carbons (Fsp3) is 0.588. The van der Waals surface area contributed by atoms with E-state index in [4.69, 9.17) is 15.6 Å². The molecule has 0 aliphatic heterocycles. The van der Waals surface area contributed by atoms with Gasteiger partial charge in [-0.2, -0.15) is 0 Å². The van der Waals surface area contributed by atoms with Gasteiger partial charge in [-0.3, -0.25) is 4.79 Å². The highest BCUT2D eigenvalue weighted by atomic mass is 19.2. The first kappa shape index (κ1) is 26.4. The van der Waals surface area contributed by atoms with Crippen molar-refractivity contribution in [1.29, 1.82) is 0 Å². The number of amides is 1. The fourth-order valence-corrected chi connectivity index (χ4v) is 1.24. The lowest BCUT2D eigenvalue weighted by Gasteiger charge is -2.18. The van der Waals surface area contributed by atoms with Crippen LogP contribution in [0.25, 0.3) is 0 Å². The highest BCUT2D eigenvalue weighted by Crippen LogP contribution is 2.25. The Labute approximate surface area is 151 Å². The maximum atomic E-state index is 13.3. The van der Waals surface area contributed by atoms with E-state index < -0.39 is 40.4 Å². The summed E-state index contributed by atoms with van der Waals surface area (Å²) in [6.07, 6.45) is 0.509. The van der Waals surface area contributed by atoms with Crippen LogP contribution in [0.5, 0.6) is 0 Å². The number of halogens is 4. The zero-order chi connectivity index (χ0) is 21.1. The number of carbonyl (C=O) groups excluding carboxylic acids is 1. The molecule has 0 spiro atoms. The highest BCUT2D eigenvalue weighted by Gasteiger charge is 2.27. The van der Waals surface area contributed by atoms with Crippen molar-refractivity contribution in [2.45, 2.75) is 46.6 Å². The summed E-state index contributed by atoms with van der Waals surface area (Å²) in [6.45, 7) is 9.56. The van der Waals surface area contributed by atoms with E-state index in [1.807, 2.05) is 27.7 Å². The fourth-order valence-electron chi connectivity index (χ4n) is 1.24. The second-order valence-electron chi connectivity index (χ2n) is 5.42. The maximum absolute atomic E-state index is 13.3. The third-order valence-electron chi connectivity index (χ3n) is 2.99. The number of carbonyl (C=O) groups is 1. The van der Waals surface area contributed by atoms with Crippen molar-refractivity contribution in [3.63, 3.8) is 0 Å². The maximum Gasteiger partial charge on any atom is 0.257 e. The molecule has 0 bridgehead atoms. The lowest BCUT2D eigenvalue weighted by atomic mass is 10.1. The largest absolute Gasteiger partial charge is 0.394 e. The van der Waals surface area contributed by atoms with E-state index in [1.54, 1.807) is 14.0 Å². The van der Waals surface area contributed by atoms with Crippen LogP contribution in [0.2, 0.25) is 0 Å². The zero-order valence-electron chi connectivity index (χ0n) is 16.0. The third kappa shape index (κ3) is 7.57. The van der Waals surface area contributed by atoms with Crippen molar-refractivity contribution >= 4 is 11.6 Å². The summed E-state index contributed by atoms with van der Waals surface area (Å²) in [5.74, 6) is -8.36. The average molecular weight is 384 g/mol. The molecule has 0 saturated heterocycles. The number of aliphatic hydroxyl groups is 1. The number of hydrogen-bond acceptors (Lipinski definition) is 4. The van der Waals surface area contributed by atoms with Gasteiger partial charge in [-0.1, -0.05) is 20.8 Å². The number of nitrogens with one attached hydrogen (secondary N) is 1. The molecule has 0 saturated carbocycles. The summed E-state index contributed by atoms with van der Waals surface area (Å²) in [4.78, 5) is 11.3. The number of ether oxygens (including phenoxy) is 1. The Bertz CT molecular complexity index is 547. The molecular weight excluding hydrogens is 356 g/mol. The normalized spacial score (nSPS) is 10.3. The number of hydrogen-bond donors (Lipinski definition) is 3. The molecule has 0 atom stereocenters. The van der Waals surface area contributed by atoms with Crippen molar-refractivity contribution in [2.24, 2.45) is 0 Å². The Kier molecular flexibility index (Phi) is 12.7. The van der Waals surface area contributed by atoms with E-state index in [0.29, 0.717) is 6.42 Å². The molecule has 152 valence electrons. The van der Waals surface area contributed by atoms with E-state index in [1.165, 1.54) is 0 Å². The number of rotatable bonds is 5. The van der Waals surface area contributed by atoms with Crippen LogP contribution < -0.4 is 11.1 Å². The topological polar surface area (TPSA) is 84.6 Å². The summed E-state index contributed by atoms with van der Waals surface area (Å²) in [5, 5.41) is 10.6. The van der Waals surface area contributed by atoms with Gasteiger partial charge >= 0.3 is 0 Å². The summed E-state index contributed by atoms with van der Waals surface area (Å²) in [7, 11) is 1.58. The van der Waals surface area contributed by atoms with Crippen molar-refractivity contribution < 1.29 is 32.2 Å². The summed E-state index contributed by atoms with van der Waals surface area (Å²) in [5.41, 5.74) is 1.84. The van der Waals surface area contributed by atoms with Crippen LogP contribution in [0.4, 0.5) is 23.2 Å². The predicted octanol–water partition coefficient (Wildman–Crippen LogP) is 3.39. The van der Waals surface area contributed by atoms with Crippen molar-refractivity contribution in [3.05, 3.63) is 28.8 Å². The van der Waals surface area contributed by atoms with Crippen molar-refractivity contribution in [2.75, 3.05) is 26.0 Å². The monoisotopic (exact) mass is 384 g/mol. The molecule has 0 radical (unpaired) electrons. The Morgan fingerprint density at radius 2 is 1.54 bits per heavy atom. The van der Waals surface area contributed by atoms with Gasteiger partial charge < -0.3 is 20.9 Å². The van der Waals surface area contributed by atoms with Gasteiger partial charge in [-0.25, -0.2) is 17.6 Å². The highest BCUT2D eigenvalue weighted by molar-refractivity contribution is 5.95. The van der Waals surface area contributed by atoms with Gasteiger partial charge in [0, 0.05) is 13.7 Å². The number of nitrogens with two attached hydrogens (primary N) is 1. The molecule has 1 aromatic carbocycles. The summed E-state index contributed by atoms with van der Waals surface area (Å²) >= 11 is 0. The Hall–Kier alpha value is -1.87. The molecule has 0 heterocycles. The van der Waals surface area contributed by atoms with Crippen LogP contribution in [0, 0.1) is 23.3 Å². The minimum absolute atomic E-state index is 0.0729. The van der Waals surface area contributed by atoms with Gasteiger partial charge in [0.25, 0.3) is 5.91 Å². The molecule has 0 aliphatic carbocycles. The van der Waals surface area contributed by atoms with Gasteiger partial charge in [0.05, 0.1) is 12.2 Å². The van der Waals surface area contributed by atoms with E-state index in [9.17, 15) is 22.4 Å². The average Bonchev–Trinajstić information content (AvgIpc) is 2.65. The number of nitrogen functional groups attached to an aromatic ring is 1. The van der Waals surface area contributed by atoms with Gasteiger partial charge in [0.2, 0.25) is 0 Å². The lowest BCUT2D eigenvalue weighted by Crippen LogP contribution is -2.27. The molecular formula is C17H28F4N2O3. The van der Waals surface area contributed by atoms with Crippen LogP contribution in [-0.2, 0) is 4.74 Å². The van der Waals surface area contributed by atoms with Crippen molar-refractivity contribution in [3.8, 4) is 0 Å². The second-order valence-corrected chi connectivity index (χ2v) is 5.42. The first-order valence-corrected chi connectivity index (χ1v) is 8.09. The van der Waals surface area contributed by atoms with Gasteiger partial charge in [0.15, 0.2) is 23.3 Å². The summed E-state index contributed by atoms with van der Waals surface area (Å²) in [6, 6.07) is 0. The van der Waals surface area contributed by atoms with E-state index in [-0.39, 0.29) is 18.8 Å². The molecule has 4 N–H and O–H groups in total. The van der Waals surface area contributed by atoms with Gasteiger partial charge in [-0.05, 0) is 20.3 Å². The Morgan fingerprint density at radius 3 is 1.81 bits per heavy atom. The molecule has 26 heavy (non-hydrogen) atoms. The van der Waals surface area contributed by atoms with E-state index >= 15 is 0 Å². The second kappa shape index (κ2) is 12.5. The first-order valence-electron chi connectivity index (χ1n) is 8.09. The lowest BCUT2D eigenvalue weighted by molar-refractivity contribution is -0.0226. The SMILES string of the molecule is CC.CCCNC(=O)c1c(F)c(F)c(N)c(F)c1F.COC(C)(C)CO. The number of benzene rings is 1. The zero-order valence-corrected chi connectivity index (χ0v) is 16.0. The van der Waals surface area contributed by atoms with E-state index in [2.05, 4.69) is 5.32 Å². The predicted molar refractivity (Wildman–Crippen MR) is 92.8 cm³/mol. The molecule has 1 aromatic rings. The van der Waals surface area contributed by atoms with Crippen LogP contribution in [0.15, 0.2) is 0 Å². The van der Waals surface area contributed by atoms with Crippen LogP contribution >= 0.6 is 0 Å². The van der Waals surface area contributed by atoms with Gasteiger partial charge in [0.1, 0.15) is 11.3 Å². The molecule has 1 amide bonds. The van der Waals surface area contributed by atoms with Crippen LogP contribution in [-0.4, -0.2) is 36.9 Å². The number of anilines is 1. The van der Waals surface area contributed by atoms with E-state index in [0.717, 1.165) is 0 Å². The first-order chi connectivity index (χ1) is 12.0. The quantitative estimate of drug-likeness (QED) is 0.413. The number of methoxy groups -OCH3 is 1. The van der Waals surface area contributed by atoms with Crippen LogP contribution in [0.1, 0.15) is 51.4 Å². The third-order valence-corrected chi connectivity index (χ3v) is 2.99. The molecule has 5 nitrogen and oxygen atoms in total. The molecule has 0 aromatic heterocycles. The Morgan fingerprint density at radius 1 is 1.12 bits per heavy atom. The molecule has 0 fully saturated rings. The van der Waals surface area contributed by atoms with Crippen LogP contribution in [0.3, 0.4) is 0 Å². The standard InChI is InChI=1S/C10H10F4N2O.C5H12O2.C2H6/c1-2-3-16-10(17)4-5(11)7(13)9(15)8(14)6(4)12;1-5(2,4-6)7-3;1-2/h2-3,15H2,1H3,(H,16,17);6H,4H2,1-3H3;1-2H3. The minimum atomic E-state index is -1.80. The molecule has 1 rings (SSSR count). The van der Waals surface area contributed by atoms with Gasteiger partial charge in [-0.15, -0.1) is 0 Å². The Balaban J connectivity index is 0. The number of aliphatic hydroxyl groups excluding tert-OH is 1. The minimum Gasteiger partial charge on any atom is -0.394 e. The molecule has 9 heteroatoms. The molecule has 0 unspecified atom stereocenters. The molecule has 0 aliphatic rings. The smallest absolute Gasteiger partial charge is 0.257 e.